The SMILES string of the molecule is Nc1ccc(N2CCC3(CC2)OCCO3)c(F)c1.O=[N+]([O-])c1ccc(N2CCC3(CC2)OCCO3)c(F)c1. The van der Waals surface area contributed by atoms with Crippen LogP contribution in [0.3, 0.4) is 0 Å². The van der Waals surface area contributed by atoms with E-state index in [1.807, 2.05) is 9.80 Å². The van der Waals surface area contributed by atoms with Crippen LogP contribution in [0.4, 0.5) is 31.5 Å². The lowest BCUT2D eigenvalue weighted by atomic mass is 10.0. The van der Waals surface area contributed by atoms with E-state index in [9.17, 15) is 18.9 Å². The first kappa shape index (κ1) is 26.5. The average Bonchev–Trinajstić information content (AvgIpc) is 3.56. The molecule has 206 valence electrons. The van der Waals surface area contributed by atoms with Crippen LogP contribution < -0.4 is 15.5 Å². The Morgan fingerprint density at radius 3 is 1.55 bits per heavy atom. The van der Waals surface area contributed by atoms with Gasteiger partial charge in [0.25, 0.3) is 5.69 Å². The van der Waals surface area contributed by atoms with Gasteiger partial charge in [-0.05, 0) is 24.3 Å². The van der Waals surface area contributed by atoms with Gasteiger partial charge in [-0.3, -0.25) is 10.1 Å². The van der Waals surface area contributed by atoms with Gasteiger partial charge in [-0.1, -0.05) is 0 Å². The van der Waals surface area contributed by atoms with Crippen molar-refractivity contribution in [3.63, 3.8) is 0 Å². The second-order valence-electron chi connectivity index (χ2n) is 9.79. The summed E-state index contributed by atoms with van der Waals surface area (Å²) in [5.74, 6) is -1.75. The molecule has 2 aromatic rings. The molecule has 4 fully saturated rings. The largest absolute Gasteiger partial charge is 0.399 e. The van der Waals surface area contributed by atoms with Crippen molar-refractivity contribution in [2.24, 2.45) is 0 Å². The van der Waals surface area contributed by atoms with Crippen molar-refractivity contribution >= 4 is 22.7 Å². The van der Waals surface area contributed by atoms with Crippen molar-refractivity contribution in [2.75, 3.05) is 68.1 Å². The van der Waals surface area contributed by atoms with Crippen molar-refractivity contribution in [3.05, 3.63) is 58.1 Å². The summed E-state index contributed by atoms with van der Waals surface area (Å²) in [6.45, 7) is 5.22. The van der Waals surface area contributed by atoms with Crippen LogP contribution in [0.5, 0.6) is 0 Å². The smallest absolute Gasteiger partial charge is 0.272 e. The highest BCUT2D eigenvalue weighted by molar-refractivity contribution is 5.55. The molecule has 2 aromatic carbocycles. The molecule has 38 heavy (non-hydrogen) atoms. The van der Waals surface area contributed by atoms with Gasteiger partial charge in [-0.25, -0.2) is 8.78 Å². The lowest BCUT2D eigenvalue weighted by Gasteiger charge is -2.38. The molecule has 12 heteroatoms. The van der Waals surface area contributed by atoms with E-state index in [1.165, 1.54) is 18.2 Å². The minimum absolute atomic E-state index is 0.234. The zero-order valence-electron chi connectivity index (χ0n) is 21.1. The number of halogens is 2. The van der Waals surface area contributed by atoms with Crippen LogP contribution in [0.15, 0.2) is 36.4 Å². The Balaban J connectivity index is 0.000000156. The van der Waals surface area contributed by atoms with Crippen LogP contribution in [-0.2, 0) is 18.9 Å². The Morgan fingerprint density at radius 2 is 1.16 bits per heavy atom. The molecule has 0 unspecified atom stereocenters. The summed E-state index contributed by atoms with van der Waals surface area (Å²) in [5, 5.41) is 10.6. The van der Waals surface area contributed by atoms with Gasteiger partial charge in [0.1, 0.15) is 5.82 Å². The molecular weight excluding hydrogens is 502 g/mol. The van der Waals surface area contributed by atoms with Crippen LogP contribution in [0.25, 0.3) is 0 Å². The Bertz CT molecular complexity index is 1140. The van der Waals surface area contributed by atoms with Crippen LogP contribution in [0, 0.1) is 21.7 Å². The number of nitro benzene ring substituents is 1. The first-order valence-electron chi connectivity index (χ1n) is 12.8. The van der Waals surface area contributed by atoms with Crippen molar-refractivity contribution < 1.29 is 32.7 Å². The molecule has 0 bridgehead atoms. The number of anilines is 3. The zero-order valence-corrected chi connectivity index (χ0v) is 21.1. The molecule has 4 aliphatic rings. The Kier molecular flexibility index (Phi) is 7.66. The molecule has 4 heterocycles. The lowest BCUT2D eigenvalue weighted by molar-refractivity contribution is -0.385. The van der Waals surface area contributed by atoms with Gasteiger partial charge >= 0.3 is 0 Å². The monoisotopic (exact) mass is 534 g/mol. The van der Waals surface area contributed by atoms with Gasteiger partial charge in [-0.15, -0.1) is 0 Å². The summed E-state index contributed by atoms with van der Waals surface area (Å²) in [6, 6.07) is 8.57. The van der Waals surface area contributed by atoms with E-state index in [1.54, 1.807) is 12.1 Å². The molecule has 2 N–H and O–H groups in total. The molecule has 4 aliphatic heterocycles. The van der Waals surface area contributed by atoms with Crippen LogP contribution in [0.2, 0.25) is 0 Å². The van der Waals surface area contributed by atoms with Crippen molar-refractivity contribution in [1.29, 1.82) is 0 Å². The minimum atomic E-state index is -0.599. The van der Waals surface area contributed by atoms with E-state index in [-0.39, 0.29) is 11.5 Å². The van der Waals surface area contributed by atoms with Gasteiger partial charge in [-0.2, -0.15) is 0 Å². The van der Waals surface area contributed by atoms with E-state index in [0.717, 1.165) is 32.0 Å². The lowest BCUT2D eigenvalue weighted by Crippen LogP contribution is -2.45. The third kappa shape index (κ3) is 5.68. The molecule has 4 saturated heterocycles. The fourth-order valence-corrected chi connectivity index (χ4v) is 5.39. The van der Waals surface area contributed by atoms with Gasteiger partial charge in [0.2, 0.25) is 0 Å². The standard InChI is InChI=1S/C13H15FN2O4.C13H17FN2O2/c14-11-9-10(16(17)18)1-2-12(11)15-5-3-13(4-6-15)19-7-8-20-13;14-11-9-10(15)1-2-12(11)16-5-3-13(4-6-16)17-7-8-18-13/h1-2,9H,3-8H2;1-2,9H,3-8,15H2. The number of piperidine rings is 2. The number of hydrogen-bond acceptors (Lipinski definition) is 9. The molecule has 0 aromatic heterocycles. The van der Waals surface area contributed by atoms with E-state index in [0.29, 0.717) is 69.4 Å². The molecule has 0 saturated carbocycles. The second-order valence-corrected chi connectivity index (χ2v) is 9.79. The predicted octanol–water partition coefficient (Wildman–Crippen LogP) is 3.83. The fourth-order valence-electron chi connectivity index (χ4n) is 5.39. The topological polar surface area (TPSA) is 113 Å². The third-order valence-corrected chi connectivity index (χ3v) is 7.47. The Labute approximate surface area is 219 Å². The maximum Gasteiger partial charge on any atom is 0.272 e. The fraction of sp³-hybridized carbons (Fsp3) is 0.538. The minimum Gasteiger partial charge on any atom is -0.399 e. The molecular formula is C26H32F2N4O6. The number of hydrogen-bond donors (Lipinski definition) is 1. The summed E-state index contributed by atoms with van der Waals surface area (Å²) in [6.07, 6.45) is 2.89. The van der Waals surface area contributed by atoms with Gasteiger partial charge in [0.05, 0.1) is 48.8 Å². The van der Waals surface area contributed by atoms with Crippen LogP contribution >= 0.6 is 0 Å². The van der Waals surface area contributed by atoms with E-state index >= 15 is 0 Å². The third-order valence-electron chi connectivity index (χ3n) is 7.47. The maximum atomic E-state index is 14.0. The molecule has 2 spiro atoms. The number of benzene rings is 2. The Hall–Kier alpha value is -3.06. The number of nitro groups is 1. The molecule has 10 nitrogen and oxygen atoms in total. The van der Waals surface area contributed by atoms with E-state index < -0.39 is 22.3 Å². The number of nitrogens with two attached hydrogens (primary N) is 1. The number of nitrogen functional groups attached to an aromatic ring is 1. The summed E-state index contributed by atoms with van der Waals surface area (Å²) < 4.78 is 50.3. The summed E-state index contributed by atoms with van der Waals surface area (Å²) in [7, 11) is 0. The van der Waals surface area contributed by atoms with Gasteiger partial charge < -0.3 is 34.5 Å². The van der Waals surface area contributed by atoms with Crippen LogP contribution in [-0.4, -0.2) is 69.1 Å². The van der Waals surface area contributed by atoms with Gasteiger partial charge in [0, 0.05) is 63.6 Å². The molecule has 0 amide bonds. The number of non-ortho nitro benzene ring substituents is 1. The van der Waals surface area contributed by atoms with Crippen molar-refractivity contribution in [2.45, 2.75) is 37.3 Å². The number of nitrogens with zero attached hydrogens (tertiary/aromatic N) is 3. The molecule has 0 radical (unpaired) electrons. The quantitative estimate of drug-likeness (QED) is 0.357. The highest BCUT2D eigenvalue weighted by atomic mass is 19.1. The predicted molar refractivity (Wildman–Crippen MR) is 136 cm³/mol. The second kappa shape index (κ2) is 11.0. The molecule has 0 atom stereocenters. The first-order chi connectivity index (χ1) is 18.3. The highest BCUT2D eigenvalue weighted by Gasteiger charge is 2.41. The zero-order chi connectivity index (χ0) is 26.8. The first-order valence-corrected chi connectivity index (χ1v) is 12.8. The molecule has 0 aliphatic carbocycles. The number of rotatable bonds is 3. The highest BCUT2D eigenvalue weighted by Crippen LogP contribution is 2.35. The van der Waals surface area contributed by atoms with Crippen LogP contribution in [0.1, 0.15) is 25.7 Å². The maximum absolute atomic E-state index is 14.0. The summed E-state index contributed by atoms with van der Waals surface area (Å²) >= 11 is 0. The molecule has 6 rings (SSSR count). The average molecular weight is 535 g/mol. The van der Waals surface area contributed by atoms with E-state index in [2.05, 4.69) is 0 Å². The number of ether oxygens (including phenoxy) is 4. The summed E-state index contributed by atoms with van der Waals surface area (Å²) in [4.78, 5) is 13.9. The van der Waals surface area contributed by atoms with Crippen molar-refractivity contribution in [1.82, 2.24) is 0 Å². The van der Waals surface area contributed by atoms with E-state index in [4.69, 9.17) is 24.7 Å². The summed E-state index contributed by atoms with van der Waals surface area (Å²) in [5.41, 5.74) is 6.77. The van der Waals surface area contributed by atoms with Crippen molar-refractivity contribution in [3.8, 4) is 0 Å². The van der Waals surface area contributed by atoms with Gasteiger partial charge in [0.15, 0.2) is 17.4 Å². The Morgan fingerprint density at radius 1 is 0.737 bits per heavy atom. The normalized spacial score (nSPS) is 21.9.